The van der Waals surface area contributed by atoms with Crippen LogP contribution in [0.3, 0.4) is 0 Å². The predicted octanol–water partition coefficient (Wildman–Crippen LogP) is 0.265. The van der Waals surface area contributed by atoms with E-state index in [4.69, 9.17) is 10.9 Å². The third kappa shape index (κ3) is 3.87. The second-order valence-corrected chi connectivity index (χ2v) is 5.83. The van der Waals surface area contributed by atoms with Crippen LogP contribution in [0, 0.1) is 10.8 Å². The van der Waals surface area contributed by atoms with Crippen LogP contribution >= 0.6 is 0 Å². The summed E-state index contributed by atoms with van der Waals surface area (Å²) in [6, 6.07) is 0. The number of oxime groups is 1. The molecule has 104 valence electrons. The molecular formula is C12H24N4O2. The van der Waals surface area contributed by atoms with Gasteiger partial charge in [0, 0.05) is 26.6 Å². The Labute approximate surface area is 108 Å². The average Bonchev–Trinajstić information content (AvgIpc) is 3.07. The first-order valence-corrected chi connectivity index (χ1v) is 6.24. The zero-order valence-corrected chi connectivity index (χ0v) is 11.4. The lowest BCUT2D eigenvalue weighted by Crippen LogP contribution is -2.43. The van der Waals surface area contributed by atoms with Crippen LogP contribution in [0.2, 0.25) is 0 Å². The van der Waals surface area contributed by atoms with Crippen molar-refractivity contribution >= 4 is 11.7 Å². The van der Waals surface area contributed by atoms with Crippen LogP contribution in [-0.4, -0.2) is 37.1 Å². The topological polar surface area (TPSA) is 99.7 Å². The number of hydrogen-bond acceptors (Lipinski definition) is 4. The van der Waals surface area contributed by atoms with Crippen molar-refractivity contribution in [2.24, 2.45) is 21.7 Å². The molecule has 0 heterocycles. The number of nitrogens with two attached hydrogens (primary N) is 1. The van der Waals surface area contributed by atoms with E-state index in [0.717, 1.165) is 19.4 Å². The standard InChI is InChI=1S/C12H24N4O2/c1-11(2,10(17)14-3)7-15-8-12(4-5-12)6-9(13)16-18/h15,18H,4-8H2,1-3H3,(H2,13,16)(H,14,17). The molecule has 1 amide bonds. The molecule has 0 bridgehead atoms. The van der Waals surface area contributed by atoms with Gasteiger partial charge >= 0.3 is 0 Å². The summed E-state index contributed by atoms with van der Waals surface area (Å²) < 4.78 is 0. The van der Waals surface area contributed by atoms with E-state index in [1.807, 2.05) is 13.8 Å². The molecule has 18 heavy (non-hydrogen) atoms. The maximum atomic E-state index is 11.6. The number of nitrogens with zero attached hydrogens (tertiary/aromatic N) is 1. The van der Waals surface area contributed by atoms with E-state index in [1.54, 1.807) is 7.05 Å². The summed E-state index contributed by atoms with van der Waals surface area (Å²) in [5.74, 6) is 0.302. The Bertz CT molecular complexity index is 335. The van der Waals surface area contributed by atoms with Gasteiger partial charge in [0.1, 0.15) is 5.84 Å². The van der Waals surface area contributed by atoms with Crippen LogP contribution in [0.1, 0.15) is 33.1 Å². The predicted molar refractivity (Wildman–Crippen MR) is 70.4 cm³/mol. The Balaban J connectivity index is 2.36. The lowest BCUT2D eigenvalue weighted by molar-refractivity contribution is -0.128. The summed E-state index contributed by atoms with van der Waals surface area (Å²) >= 11 is 0. The molecule has 6 heteroatoms. The first-order chi connectivity index (χ1) is 8.35. The largest absolute Gasteiger partial charge is 0.409 e. The van der Waals surface area contributed by atoms with Crippen LogP contribution in [0.25, 0.3) is 0 Å². The summed E-state index contributed by atoms with van der Waals surface area (Å²) in [5, 5.41) is 17.6. The molecule has 6 nitrogen and oxygen atoms in total. The van der Waals surface area contributed by atoms with Gasteiger partial charge in [-0.05, 0) is 32.1 Å². The molecule has 1 rings (SSSR count). The summed E-state index contributed by atoms with van der Waals surface area (Å²) in [6.45, 7) is 5.22. The monoisotopic (exact) mass is 256 g/mol. The summed E-state index contributed by atoms with van der Waals surface area (Å²) in [7, 11) is 1.64. The Kier molecular flexibility index (Phi) is 4.56. The van der Waals surface area contributed by atoms with Crippen molar-refractivity contribution in [3.63, 3.8) is 0 Å². The molecular weight excluding hydrogens is 232 g/mol. The fraction of sp³-hybridized carbons (Fsp3) is 0.833. The van der Waals surface area contributed by atoms with Gasteiger partial charge in [-0.2, -0.15) is 0 Å². The van der Waals surface area contributed by atoms with Gasteiger partial charge in [-0.25, -0.2) is 0 Å². The van der Waals surface area contributed by atoms with E-state index in [1.165, 1.54) is 0 Å². The molecule has 1 aliphatic rings. The number of amidine groups is 1. The quantitative estimate of drug-likeness (QED) is 0.227. The van der Waals surface area contributed by atoms with E-state index in [2.05, 4.69) is 15.8 Å². The Morgan fingerprint density at radius 3 is 2.56 bits per heavy atom. The molecule has 0 atom stereocenters. The molecule has 0 aromatic rings. The summed E-state index contributed by atoms with van der Waals surface area (Å²) in [4.78, 5) is 11.6. The van der Waals surface area contributed by atoms with Gasteiger partial charge in [0.05, 0.1) is 5.41 Å². The minimum absolute atomic E-state index is 0.0243. The highest BCUT2D eigenvalue weighted by molar-refractivity contribution is 5.81. The number of rotatable bonds is 7. The van der Waals surface area contributed by atoms with Crippen LogP contribution < -0.4 is 16.4 Å². The average molecular weight is 256 g/mol. The zero-order chi connectivity index (χ0) is 13.8. The van der Waals surface area contributed by atoms with Gasteiger partial charge in [-0.1, -0.05) is 5.16 Å². The molecule has 0 spiro atoms. The molecule has 1 aliphatic carbocycles. The van der Waals surface area contributed by atoms with Crippen molar-refractivity contribution in [1.29, 1.82) is 0 Å². The SMILES string of the molecule is CNC(=O)C(C)(C)CNCC1(CC(N)=NO)CC1. The molecule has 0 radical (unpaired) electrons. The van der Waals surface area contributed by atoms with Crippen molar-refractivity contribution in [3.05, 3.63) is 0 Å². The molecule has 1 fully saturated rings. The highest BCUT2D eigenvalue weighted by atomic mass is 16.4. The number of nitrogens with one attached hydrogen (secondary N) is 2. The van der Waals surface area contributed by atoms with E-state index < -0.39 is 5.41 Å². The lowest BCUT2D eigenvalue weighted by Gasteiger charge is -2.24. The number of carbonyl (C=O) groups excluding carboxylic acids is 1. The molecule has 0 aromatic heterocycles. The fourth-order valence-electron chi connectivity index (χ4n) is 2.07. The van der Waals surface area contributed by atoms with Crippen LogP contribution in [0.5, 0.6) is 0 Å². The van der Waals surface area contributed by atoms with Crippen LogP contribution in [0.4, 0.5) is 0 Å². The van der Waals surface area contributed by atoms with Crippen molar-refractivity contribution < 1.29 is 10.0 Å². The maximum absolute atomic E-state index is 11.6. The molecule has 0 aliphatic heterocycles. The van der Waals surface area contributed by atoms with Gasteiger partial charge < -0.3 is 21.6 Å². The number of carbonyl (C=O) groups is 1. The van der Waals surface area contributed by atoms with Gasteiger partial charge in [0.2, 0.25) is 5.91 Å². The van der Waals surface area contributed by atoms with Crippen LogP contribution in [-0.2, 0) is 4.79 Å². The minimum Gasteiger partial charge on any atom is -0.409 e. The van der Waals surface area contributed by atoms with Gasteiger partial charge in [0.25, 0.3) is 0 Å². The van der Waals surface area contributed by atoms with Gasteiger partial charge in [-0.15, -0.1) is 0 Å². The van der Waals surface area contributed by atoms with Crippen molar-refractivity contribution in [1.82, 2.24) is 10.6 Å². The number of hydrogen-bond donors (Lipinski definition) is 4. The third-order valence-corrected chi connectivity index (χ3v) is 3.55. The lowest BCUT2D eigenvalue weighted by atomic mass is 9.91. The van der Waals surface area contributed by atoms with Crippen LogP contribution in [0.15, 0.2) is 5.16 Å². The molecule has 5 N–H and O–H groups in total. The summed E-state index contributed by atoms with van der Waals surface area (Å²) in [6.07, 6.45) is 2.77. The molecule has 0 aromatic carbocycles. The van der Waals surface area contributed by atoms with E-state index in [0.29, 0.717) is 13.0 Å². The fourth-order valence-corrected chi connectivity index (χ4v) is 2.07. The van der Waals surface area contributed by atoms with Gasteiger partial charge in [-0.3, -0.25) is 4.79 Å². The summed E-state index contributed by atoms with van der Waals surface area (Å²) in [5.41, 5.74) is 5.23. The first-order valence-electron chi connectivity index (χ1n) is 6.24. The minimum atomic E-state index is -0.429. The Hall–Kier alpha value is -1.30. The molecule has 1 saturated carbocycles. The second kappa shape index (κ2) is 5.56. The number of amides is 1. The smallest absolute Gasteiger partial charge is 0.226 e. The molecule has 0 saturated heterocycles. The second-order valence-electron chi connectivity index (χ2n) is 5.83. The normalized spacial score (nSPS) is 18.5. The highest BCUT2D eigenvalue weighted by Crippen LogP contribution is 2.48. The van der Waals surface area contributed by atoms with Crippen molar-refractivity contribution in [2.75, 3.05) is 20.1 Å². The Morgan fingerprint density at radius 2 is 2.11 bits per heavy atom. The molecule has 0 unspecified atom stereocenters. The van der Waals surface area contributed by atoms with Gasteiger partial charge in [0.15, 0.2) is 0 Å². The maximum Gasteiger partial charge on any atom is 0.226 e. The van der Waals surface area contributed by atoms with E-state index in [-0.39, 0.29) is 17.2 Å². The van der Waals surface area contributed by atoms with E-state index in [9.17, 15) is 4.79 Å². The Morgan fingerprint density at radius 1 is 1.50 bits per heavy atom. The first kappa shape index (κ1) is 14.8. The van der Waals surface area contributed by atoms with Crippen molar-refractivity contribution in [2.45, 2.75) is 33.1 Å². The van der Waals surface area contributed by atoms with Crippen molar-refractivity contribution in [3.8, 4) is 0 Å². The highest BCUT2D eigenvalue weighted by Gasteiger charge is 2.43. The third-order valence-electron chi connectivity index (χ3n) is 3.55. The zero-order valence-electron chi connectivity index (χ0n) is 11.4. The van der Waals surface area contributed by atoms with E-state index >= 15 is 0 Å².